The van der Waals surface area contributed by atoms with E-state index in [2.05, 4.69) is 15.4 Å². The molecule has 0 saturated heterocycles. The number of benzene rings is 1. The summed E-state index contributed by atoms with van der Waals surface area (Å²) in [5.74, 6) is -0.488. The highest BCUT2D eigenvalue weighted by Gasteiger charge is 2.17. The van der Waals surface area contributed by atoms with Crippen molar-refractivity contribution in [1.29, 1.82) is 0 Å². The van der Waals surface area contributed by atoms with Gasteiger partial charge in [0, 0.05) is 24.1 Å². The number of fused-ring (bicyclic) bond motifs is 1. The zero-order chi connectivity index (χ0) is 17.4. The summed E-state index contributed by atoms with van der Waals surface area (Å²) in [4.78, 5) is 26.8. The average molecular weight is 346 g/mol. The summed E-state index contributed by atoms with van der Waals surface area (Å²) in [7, 11) is 1.79. The molecule has 0 aliphatic heterocycles. The van der Waals surface area contributed by atoms with Gasteiger partial charge in [0.2, 0.25) is 0 Å². The van der Waals surface area contributed by atoms with Crippen molar-refractivity contribution in [2.75, 3.05) is 5.32 Å². The monoisotopic (exact) mass is 345 g/mol. The summed E-state index contributed by atoms with van der Waals surface area (Å²) in [5, 5.41) is 18.6. The number of halogens is 1. The van der Waals surface area contributed by atoms with Crippen molar-refractivity contribution in [2.24, 2.45) is 7.05 Å². The molecule has 0 aliphatic rings. The molecule has 0 spiro atoms. The Kier molecular flexibility index (Phi) is 3.90. The van der Waals surface area contributed by atoms with Crippen molar-refractivity contribution >= 4 is 39.9 Å². The summed E-state index contributed by atoms with van der Waals surface area (Å²) in [6.45, 7) is 1.85. The van der Waals surface area contributed by atoms with E-state index in [1.54, 1.807) is 17.8 Å². The van der Waals surface area contributed by atoms with E-state index in [1.807, 2.05) is 6.92 Å². The van der Waals surface area contributed by atoms with Gasteiger partial charge in [-0.3, -0.25) is 19.6 Å². The molecule has 8 nitrogen and oxygen atoms in total. The van der Waals surface area contributed by atoms with Gasteiger partial charge in [0.15, 0.2) is 5.65 Å². The second-order valence-electron chi connectivity index (χ2n) is 5.18. The van der Waals surface area contributed by atoms with Crippen LogP contribution in [0.1, 0.15) is 16.1 Å². The van der Waals surface area contributed by atoms with Crippen LogP contribution in [0.15, 0.2) is 30.5 Å². The summed E-state index contributed by atoms with van der Waals surface area (Å²) >= 11 is 5.75. The van der Waals surface area contributed by atoms with Gasteiger partial charge in [-0.05, 0) is 25.1 Å². The number of nitrogens with one attached hydrogen (secondary N) is 1. The maximum absolute atomic E-state index is 12.3. The van der Waals surface area contributed by atoms with Crippen LogP contribution < -0.4 is 5.32 Å². The smallest absolute Gasteiger partial charge is 0.288 e. The lowest BCUT2D eigenvalue weighted by atomic mass is 10.2. The third-order valence-electron chi connectivity index (χ3n) is 3.53. The largest absolute Gasteiger partial charge is 0.321 e. The maximum Gasteiger partial charge on any atom is 0.288 e. The fourth-order valence-electron chi connectivity index (χ4n) is 2.37. The molecule has 0 saturated carbocycles. The first-order valence-electron chi connectivity index (χ1n) is 6.91. The van der Waals surface area contributed by atoms with E-state index < -0.39 is 10.8 Å². The molecule has 2 aromatic heterocycles. The van der Waals surface area contributed by atoms with Gasteiger partial charge in [-0.2, -0.15) is 5.10 Å². The Balaban J connectivity index is 1.91. The van der Waals surface area contributed by atoms with Crippen LogP contribution in [-0.2, 0) is 7.05 Å². The number of hydrogen-bond acceptors (Lipinski definition) is 5. The van der Waals surface area contributed by atoms with Crippen molar-refractivity contribution < 1.29 is 9.72 Å². The standard InChI is InChI=1S/C15H12ClN5O3/c1-8-11-6-10(7-17-14(11)20(2)19-8)18-15(22)9-3-4-12(16)13(5-9)21(23)24/h3-7H,1-2H3,(H,18,22). The van der Waals surface area contributed by atoms with Gasteiger partial charge in [0.05, 0.1) is 22.5 Å². The SMILES string of the molecule is Cc1nn(C)c2ncc(NC(=O)c3ccc(Cl)c([N+](=O)[O-])c3)cc12. The third kappa shape index (κ3) is 2.79. The zero-order valence-electron chi connectivity index (χ0n) is 12.8. The van der Waals surface area contributed by atoms with Gasteiger partial charge in [0.25, 0.3) is 11.6 Å². The predicted octanol–water partition coefficient (Wildman–Crippen LogP) is 3.09. The summed E-state index contributed by atoms with van der Waals surface area (Å²) in [5.41, 5.74) is 1.78. The van der Waals surface area contributed by atoms with E-state index in [-0.39, 0.29) is 16.3 Å². The van der Waals surface area contributed by atoms with Crippen molar-refractivity contribution in [1.82, 2.24) is 14.8 Å². The van der Waals surface area contributed by atoms with Gasteiger partial charge < -0.3 is 5.32 Å². The molecule has 0 bridgehead atoms. The van der Waals surface area contributed by atoms with Crippen LogP contribution in [0.5, 0.6) is 0 Å². The van der Waals surface area contributed by atoms with E-state index >= 15 is 0 Å². The Morgan fingerprint density at radius 3 is 2.83 bits per heavy atom. The number of aryl methyl sites for hydroxylation is 2. The zero-order valence-corrected chi connectivity index (χ0v) is 13.5. The molecule has 2 heterocycles. The number of hydrogen-bond donors (Lipinski definition) is 1. The molecule has 0 fully saturated rings. The first-order chi connectivity index (χ1) is 11.4. The molecule has 0 atom stereocenters. The molecule has 122 valence electrons. The van der Waals surface area contributed by atoms with Crippen molar-refractivity contribution in [3.63, 3.8) is 0 Å². The van der Waals surface area contributed by atoms with Gasteiger partial charge >= 0.3 is 0 Å². The Bertz CT molecular complexity index is 983. The van der Waals surface area contributed by atoms with Crippen LogP contribution in [0.4, 0.5) is 11.4 Å². The number of nitro benzene ring substituents is 1. The number of pyridine rings is 1. The third-order valence-corrected chi connectivity index (χ3v) is 3.85. The minimum Gasteiger partial charge on any atom is -0.321 e. The van der Waals surface area contributed by atoms with Crippen molar-refractivity contribution in [3.8, 4) is 0 Å². The first kappa shape index (κ1) is 15.9. The normalized spacial score (nSPS) is 10.8. The van der Waals surface area contributed by atoms with Crippen LogP contribution in [0.25, 0.3) is 11.0 Å². The number of aromatic nitrogens is 3. The molecular weight excluding hydrogens is 334 g/mol. The molecule has 9 heteroatoms. The molecule has 0 unspecified atom stereocenters. The molecular formula is C15H12ClN5O3. The fourth-order valence-corrected chi connectivity index (χ4v) is 2.56. The van der Waals surface area contributed by atoms with Gasteiger partial charge in [-0.1, -0.05) is 11.6 Å². The molecule has 1 aromatic carbocycles. The van der Waals surface area contributed by atoms with Crippen LogP contribution in [0, 0.1) is 17.0 Å². The molecule has 1 N–H and O–H groups in total. The van der Waals surface area contributed by atoms with Gasteiger partial charge in [-0.25, -0.2) is 4.98 Å². The number of nitrogens with zero attached hydrogens (tertiary/aromatic N) is 4. The Hall–Kier alpha value is -3.00. The van der Waals surface area contributed by atoms with Crippen molar-refractivity contribution in [2.45, 2.75) is 6.92 Å². The highest BCUT2D eigenvalue weighted by molar-refractivity contribution is 6.32. The van der Waals surface area contributed by atoms with Gasteiger partial charge in [-0.15, -0.1) is 0 Å². The van der Waals surface area contributed by atoms with E-state index in [9.17, 15) is 14.9 Å². The predicted molar refractivity (Wildman–Crippen MR) is 89.3 cm³/mol. The van der Waals surface area contributed by atoms with E-state index in [4.69, 9.17) is 11.6 Å². The molecule has 3 aromatic rings. The first-order valence-corrected chi connectivity index (χ1v) is 7.29. The topological polar surface area (TPSA) is 103 Å². The molecule has 0 radical (unpaired) electrons. The lowest BCUT2D eigenvalue weighted by Gasteiger charge is -2.06. The van der Waals surface area contributed by atoms with Crippen LogP contribution in [-0.4, -0.2) is 25.6 Å². The van der Waals surface area contributed by atoms with E-state index in [1.165, 1.54) is 18.3 Å². The number of rotatable bonds is 3. The Labute approximate surface area is 141 Å². The number of anilines is 1. The Morgan fingerprint density at radius 1 is 1.38 bits per heavy atom. The second-order valence-corrected chi connectivity index (χ2v) is 5.59. The number of amides is 1. The molecule has 3 rings (SSSR count). The average Bonchev–Trinajstić information content (AvgIpc) is 2.81. The highest BCUT2D eigenvalue weighted by Crippen LogP contribution is 2.26. The van der Waals surface area contributed by atoms with Crippen molar-refractivity contribution in [3.05, 3.63) is 56.9 Å². The van der Waals surface area contributed by atoms with Gasteiger partial charge in [0.1, 0.15) is 5.02 Å². The summed E-state index contributed by atoms with van der Waals surface area (Å²) in [6.07, 6.45) is 1.51. The molecule has 24 heavy (non-hydrogen) atoms. The van der Waals surface area contributed by atoms with Crippen LogP contribution in [0.2, 0.25) is 5.02 Å². The summed E-state index contributed by atoms with van der Waals surface area (Å²) in [6, 6.07) is 5.64. The quantitative estimate of drug-likeness (QED) is 0.580. The maximum atomic E-state index is 12.3. The lowest BCUT2D eigenvalue weighted by Crippen LogP contribution is -2.12. The second kappa shape index (κ2) is 5.89. The highest BCUT2D eigenvalue weighted by atomic mass is 35.5. The van der Waals surface area contributed by atoms with Crippen LogP contribution >= 0.6 is 11.6 Å². The number of carbonyl (C=O) groups is 1. The molecule has 1 amide bonds. The number of nitro groups is 1. The Morgan fingerprint density at radius 2 is 2.12 bits per heavy atom. The number of carbonyl (C=O) groups excluding carboxylic acids is 1. The minimum absolute atomic E-state index is 0.0226. The lowest BCUT2D eigenvalue weighted by molar-refractivity contribution is -0.384. The molecule has 0 aliphatic carbocycles. The fraction of sp³-hybridized carbons (Fsp3) is 0.133. The van der Waals surface area contributed by atoms with Crippen LogP contribution in [0.3, 0.4) is 0 Å². The van der Waals surface area contributed by atoms with E-state index in [0.29, 0.717) is 11.3 Å². The summed E-state index contributed by atoms with van der Waals surface area (Å²) < 4.78 is 1.65. The minimum atomic E-state index is -0.633. The van der Waals surface area contributed by atoms with E-state index in [0.717, 1.165) is 17.1 Å².